The van der Waals surface area contributed by atoms with Crippen LogP contribution in [-0.2, 0) is 6.42 Å². The van der Waals surface area contributed by atoms with Crippen LogP contribution >= 0.6 is 11.3 Å². The van der Waals surface area contributed by atoms with Gasteiger partial charge >= 0.3 is 0 Å². The summed E-state index contributed by atoms with van der Waals surface area (Å²) in [5.74, 6) is 0.923. The van der Waals surface area contributed by atoms with Crippen molar-refractivity contribution in [3.8, 4) is 5.75 Å². The molecule has 1 heterocycles. The van der Waals surface area contributed by atoms with Gasteiger partial charge in [0.2, 0.25) is 0 Å². The van der Waals surface area contributed by atoms with E-state index < -0.39 is 0 Å². The van der Waals surface area contributed by atoms with Crippen molar-refractivity contribution in [1.82, 2.24) is 5.06 Å². The van der Waals surface area contributed by atoms with Crippen molar-refractivity contribution in [1.29, 1.82) is 0 Å². The van der Waals surface area contributed by atoms with E-state index in [0.717, 1.165) is 30.5 Å². The highest BCUT2D eigenvalue weighted by Crippen LogP contribution is 2.25. The zero-order chi connectivity index (χ0) is 14.5. The maximum atomic E-state index is 5.98. The lowest BCUT2D eigenvalue weighted by molar-refractivity contribution is -0.0305. The summed E-state index contributed by atoms with van der Waals surface area (Å²) in [5.41, 5.74) is 0. The first-order valence-corrected chi connectivity index (χ1v) is 8.10. The van der Waals surface area contributed by atoms with Crippen LogP contribution in [0.3, 0.4) is 0 Å². The Bertz CT molecular complexity index is 688. The summed E-state index contributed by atoms with van der Waals surface area (Å²) < 4.78 is 0. The van der Waals surface area contributed by atoms with Gasteiger partial charge < -0.3 is 4.84 Å². The van der Waals surface area contributed by atoms with Gasteiger partial charge in [-0.3, -0.25) is 0 Å². The van der Waals surface area contributed by atoms with E-state index in [2.05, 4.69) is 41.8 Å². The summed E-state index contributed by atoms with van der Waals surface area (Å²) in [5, 5.41) is 6.42. The first-order valence-electron chi connectivity index (χ1n) is 7.22. The molecule has 3 heteroatoms. The first kappa shape index (κ1) is 14.1. The monoisotopic (exact) mass is 297 g/mol. The number of hydroxylamine groups is 2. The third kappa shape index (κ3) is 3.63. The highest BCUT2D eigenvalue weighted by Gasteiger charge is 2.05. The fourth-order valence-electron chi connectivity index (χ4n) is 2.42. The van der Waals surface area contributed by atoms with Gasteiger partial charge in [-0.2, -0.15) is 0 Å². The van der Waals surface area contributed by atoms with E-state index in [1.807, 2.05) is 41.6 Å². The SMILES string of the molecule is CN(CCCc1cccs1)Oc1cccc2ccccc12. The van der Waals surface area contributed by atoms with Gasteiger partial charge in [-0.25, -0.2) is 0 Å². The Balaban J connectivity index is 1.59. The Morgan fingerprint density at radius 2 is 1.86 bits per heavy atom. The number of thiophene rings is 1. The van der Waals surface area contributed by atoms with Gasteiger partial charge in [-0.1, -0.05) is 42.5 Å². The Morgan fingerprint density at radius 3 is 2.71 bits per heavy atom. The molecule has 0 unspecified atom stereocenters. The highest BCUT2D eigenvalue weighted by atomic mass is 32.1. The molecule has 3 rings (SSSR count). The number of benzene rings is 2. The molecule has 3 aromatic rings. The standard InChI is InChI=1S/C18H19NOS/c1-19(13-5-9-16-10-6-14-21-16)20-18-12-4-8-15-7-2-3-11-17(15)18/h2-4,6-8,10-12,14H,5,9,13H2,1H3. The third-order valence-electron chi connectivity index (χ3n) is 3.48. The molecular formula is C18H19NOS. The zero-order valence-electron chi connectivity index (χ0n) is 12.2. The lowest BCUT2D eigenvalue weighted by atomic mass is 10.1. The number of nitrogens with zero attached hydrogens (tertiary/aromatic N) is 1. The number of aryl methyl sites for hydroxylation is 1. The normalized spacial score (nSPS) is 11.1. The number of fused-ring (bicyclic) bond motifs is 1. The molecule has 0 bridgehead atoms. The van der Waals surface area contributed by atoms with Crippen molar-refractivity contribution in [2.45, 2.75) is 12.8 Å². The summed E-state index contributed by atoms with van der Waals surface area (Å²) in [4.78, 5) is 7.42. The minimum atomic E-state index is 0.918. The molecule has 2 aromatic carbocycles. The Labute approximate surface area is 129 Å². The second-order valence-corrected chi connectivity index (χ2v) is 6.14. The van der Waals surface area contributed by atoms with Crippen molar-refractivity contribution in [3.05, 3.63) is 64.9 Å². The molecule has 0 saturated carbocycles. The van der Waals surface area contributed by atoms with Gasteiger partial charge in [0.15, 0.2) is 5.75 Å². The molecule has 0 amide bonds. The molecule has 0 aliphatic heterocycles. The molecule has 0 aliphatic carbocycles. The first-order chi connectivity index (χ1) is 10.3. The second kappa shape index (κ2) is 6.74. The highest BCUT2D eigenvalue weighted by molar-refractivity contribution is 7.09. The molecule has 0 spiro atoms. The van der Waals surface area contributed by atoms with Gasteiger partial charge in [0.05, 0.1) is 0 Å². The fraction of sp³-hybridized carbons (Fsp3) is 0.222. The van der Waals surface area contributed by atoms with Crippen LogP contribution in [0.25, 0.3) is 10.8 Å². The minimum absolute atomic E-state index is 0.918. The molecule has 0 fully saturated rings. The Hall–Kier alpha value is -1.84. The summed E-state index contributed by atoms with van der Waals surface area (Å²) >= 11 is 1.82. The second-order valence-electron chi connectivity index (χ2n) is 5.10. The van der Waals surface area contributed by atoms with Crippen molar-refractivity contribution >= 4 is 22.1 Å². The lowest BCUT2D eigenvalue weighted by Gasteiger charge is -2.18. The predicted octanol–water partition coefficient (Wildman–Crippen LogP) is 4.76. The van der Waals surface area contributed by atoms with Crippen molar-refractivity contribution in [2.24, 2.45) is 0 Å². The zero-order valence-corrected chi connectivity index (χ0v) is 13.0. The molecule has 0 atom stereocenters. The van der Waals surface area contributed by atoms with Gasteiger partial charge in [-0.15, -0.1) is 16.4 Å². The summed E-state index contributed by atoms with van der Waals surface area (Å²) in [6.07, 6.45) is 2.21. The predicted molar refractivity (Wildman–Crippen MR) is 89.8 cm³/mol. The minimum Gasteiger partial charge on any atom is -0.406 e. The smallest absolute Gasteiger partial charge is 0.155 e. The number of rotatable bonds is 6. The lowest BCUT2D eigenvalue weighted by Crippen LogP contribution is -2.24. The summed E-state index contributed by atoms with van der Waals surface area (Å²) in [6.45, 7) is 0.918. The van der Waals surface area contributed by atoms with Crippen molar-refractivity contribution < 1.29 is 4.84 Å². The van der Waals surface area contributed by atoms with E-state index in [9.17, 15) is 0 Å². The molecule has 0 aliphatic rings. The van der Waals surface area contributed by atoms with E-state index in [1.54, 1.807) is 0 Å². The number of hydrogen-bond acceptors (Lipinski definition) is 3. The van der Waals surface area contributed by atoms with Crippen LogP contribution in [0, 0.1) is 0 Å². The fourth-order valence-corrected chi connectivity index (χ4v) is 3.17. The van der Waals surface area contributed by atoms with Crippen LogP contribution in [-0.4, -0.2) is 18.7 Å². The van der Waals surface area contributed by atoms with Crippen LogP contribution in [0.5, 0.6) is 5.75 Å². The van der Waals surface area contributed by atoms with E-state index >= 15 is 0 Å². The van der Waals surface area contributed by atoms with Gasteiger partial charge in [0.1, 0.15) is 0 Å². The Morgan fingerprint density at radius 1 is 1.00 bits per heavy atom. The third-order valence-corrected chi connectivity index (χ3v) is 4.42. The summed E-state index contributed by atoms with van der Waals surface area (Å²) in [7, 11) is 2.00. The molecular weight excluding hydrogens is 278 g/mol. The van der Waals surface area contributed by atoms with Crippen molar-refractivity contribution in [2.75, 3.05) is 13.6 Å². The number of hydrogen-bond donors (Lipinski definition) is 0. The van der Waals surface area contributed by atoms with E-state index in [4.69, 9.17) is 4.84 Å². The maximum absolute atomic E-state index is 5.98. The van der Waals surface area contributed by atoms with E-state index in [-0.39, 0.29) is 0 Å². The quantitative estimate of drug-likeness (QED) is 0.608. The molecule has 0 saturated heterocycles. The van der Waals surface area contributed by atoms with Gasteiger partial charge in [-0.05, 0) is 35.7 Å². The average molecular weight is 297 g/mol. The maximum Gasteiger partial charge on any atom is 0.155 e. The van der Waals surface area contributed by atoms with Crippen molar-refractivity contribution in [3.63, 3.8) is 0 Å². The summed E-state index contributed by atoms with van der Waals surface area (Å²) in [6, 6.07) is 18.8. The molecule has 0 radical (unpaired) electrons. The van der Waals surface area contributed by atoms with Crippen LogP contribution in [0.1, 0.15) is 11.3 Å². The molecule has 21 heavy (non-hydrogen) atoms. The van der Waals surface area contributed by atoms with E-state index in [0.29, 0.717) is 0 Å². The van der Waals surface area contributed by atoms with Gasteiger partial charge in [0.25, 0.3) is 0 Å². The Kier molecular flexibility index (Phi) is 4.53. The van der Waals surface area contributed by atoms with Gasteiger partial charge in [0, 0.05) is 23.9 Å². The largest absolute Gasteiger partial charge is 0.406 e. The molecule has 1 aromatic heterocycles. The van der Waals surface area contributed by atoms with E-state index in [1.165, 1.54) is 10.3 Å². The topological polar surface area (TPSA) is 12.5 Å². The molecule has 108 valence electrons. The van der Waals surface area contributed by atoms with Crippen LogP contribution in [0.4, 0.5) is 0 Å². The van der Waals surface area contributed by atoms with Crippen LogP contribution in [0.15, 0.2) is 60.0 Å². The van der Waals surface area contributed by atoms with Crippen LogP contribution in [0.2, 0.25) is 0 Å². The van der Waals surface area contributed by atoms with Crippen LogP contribution < -0.4 is 4.84 Å². The average Bonchev–Trinajstić information content (AvgIpc) is 3.01. The molecule has 0 N–H and O–H groups in total. The molecule has 2 nitrogen and oxygen atoms in total.